The third kappa shape index (κ3) is 5.88. The van der Waals surface area contributed by atoms with E-state index in [4.69, 9.17) is 9.47 Å². The molecule has 0 saturated heterocycles. The number of carbonyl (C=O) groups is 1. The molecule has 0 aliphatic carbocycles. The van der Waals surface area contributed by atoms with Crippen LogP contribution in [-0.2, 0) is 6.42 Å². The smallest absolute Gasteiger partial charge is 0.255 e. The molecule has 6 heteroatoms. The number of para-hydroxylation sites is 2. The molecular weight excluding hydrogens is 452 g/mol. The van der Waals surface area contributed by atoms with Crippen molar-refractivity contribution in [3.05, 3.63) is 95.2 Å². The lowest BCUT2D eigenvalue weighted by molar-refractivity contribution is 0.0910. The molecule has 4 aromatic rings. The van der Waals surface area contributed by atoms with E-state index >= 15 is 0 Å². The number of carbonyl (C=O) groups excluding carboxylic acids is 1. The zero-order valence-corrected chi connectivity index (χ0v) is 20.7. The molecule has 0 aliphatic rings. The molecule has 1 unspecified atom stereocenters. The van der Waals surface area contributed by atoms with Gasteiger partial charge in [-0.25, -0.2) is 0 Å². The molecule has 1 heterocycles. The zero-order chi connectivity index (χ0) is 25.5. The molecule has 36 heavy (non-hydrogen) atoms. The van der Waals surface area contributed by atoms with Gasteiger partial charge in [0.2, 0.25) is 0 Å². The quantitative estimate of drug-likeness (QED) is 0.318. The van der Waals surface area contributed by atoms with Crippen molar-refractivity contribution in [3.63, 3.8) is 0 Å². The number of H-pyrrole nitrogens is 1. The Balaban J connectivity index is 1.59. The highest BCUT2D eigenvalue weighted by atomic mass is 16.5. The molecular formula is C30H30N2O4. The number of hydrogen-bond acceptors (Lipinski definition) is 4. The Morgan fingerprint density at radius 3 is 2.58 bits per heavy atom. The number of aliphatic hydroxyl groups excluding tert-OH is 1. The van der Waals surface area contributed by atoms with E-state index in [2.05, 4.69) is 22.1 Å². The maximum Gasteiger partial charge on any atom is 0.255 e. The number of aromatic nitrogens is 1. The highest BCUT2D eigenvalue weighted by molar-refractivity contribution is 5.97. The molecule has 4 rings (SSSR count). The number of amides is 1. The van der Waals surface area contributed by atoms with Crippen LogP contribution < -0.4 is 14.8 Å². The summed E-state index contributed by atoms with van der Waals surface area (Å²) in [5.74, 6) is 7.06. The largest absolute Gasteiger partial charge is 0.495 e. The Morgan fingerprint density at radius 2 is 1.81 bits per heavy atom. The Hall–Kier alpha value is -4.21. The minimum absolute atomic E-state index is 0.109. The summed E-state index contributed by atoms with van der Waals surface area (Å²) in [4.78, 5) is 16.6. The van der Waals surface area contributed by atoms with E-state index in [9.17, 15) is 9.90 Å². The van der Waals surface area contributed by atoms with Gasteiger partial charge in [-0.05, 0) is 62.2 Å². The third-order valence-electron chi connectivity index (χ3n) is 5.73. The van der Waals surface area contributed by atoms with E-state index in [-0.39, 0.29) is 18.6 Å². The molecule has 0 aliphatic heterocycles. The fourth-order valence-electron chi connectivity index (χ4n) is 4.02. The van der Waals surface area contributed by atoms with Crippen molar-refractivity contribution in [2.75, 3.05) is 13.7 Å². The van der Waals surface area contributed by atoms with Crippen molar-refractivity contribution >= 4 is 16.8 Å². The van der Waals surface area contributed by atoms with Gasteiger partial charge in [-0.15, -0.1) is 0 Å². The number of fused-ring (bicyclic) bond motifs is 1. The van der Waals surface area contributed by atoms with Gasteiger partial charge in [-0.2, -0.15) is 0 Å². The van der Waals surface area contributed by atoms with Crippen molar-refractivity contribution in [2.24, 2.45) is 0 Å². The monoisotopic (exact) mass is 482 g/mol. The molecule has 1 atom stereocenters. The van der Waals surface area contributed by atoms with E-state index in [0.29, 0.717) is 29.0 Å². The molecule has 0 bridgehead atoms. The van der Waals surface area contributed by atoms with Crippen LogP contribution in [0.15, 0.2) is 72.9 Å². The Labute approximate surface area is 211 Å². The first-order valence-electron chi connectivity index (χ1n) is 11.9. The van der Waals surface area contributed by atoms with Crippen molar-refractivity contribution < 1.29 is 19.4 Å². The standard InChI is InChI=1S/C30H30N2O4/c1-20(2)36-29-15-13-21(12-14-22-8-4-7-11-28(22)35-3)16-26(29)30(34)32-24(19-33)17-23-18-31-27-10-6-5-9-25(23)27/h4-11,13,15-16,18,20,24,31,33H,17,19H2,1-3H3,(H,32,34). The lowest BCUT2D eigenvalue weighted by atomic mass is 10.0. The first kappa shape index (κ1) is 24.9. The number of hydrogen-bond donors (Lipinski definition) is 3. The van der Waals surface area contributed by atoms with Gasteiger partial charge >= 0.3 is 0 Å². The van der Waals surface area contributed by atoms with Crippen molar-refractivity contribution in [2.45, 2.75) is 32.4 Å². The van der Waals surface area contributed by atoms with E-state index in [0.717, 1.165) is 22.0 Å². The Kier molecular flexibility index (Phi) is 7.94. The van der Waals surface area contributed by atoms with Crippen LogP contribution in [0.4, 0.5) is 0 Å². The summed E-state index contributed by atoms with van der Waals surface area (Å²) in [6, 6.07) is 20.3. The minimum atomic E-state index is -0.466. The van der Waals surface area contributed by atoms with E-state index < -0.39 is 6.04 Å². The van der Waals surface area contributed by atoms with Gasteiger partial charge in [0.15, 0.2) is 0 Å². The van der Waals surface area contributed by atoms with E-state index in [1.807, 2.05) is 74.6 Å². The maximum absolute atomic E-state index is 13.4. The van der Waals surface area contributed by atoms with Crippen LogP contribution in [-0.4, -0.2) is 41.9 Å². The second kappa shape index (κ2) is 11.5. The van der Waals surface area contributed by atoms with Gasteiger partial charge in [0.25, 0.3) is 5.91 Å². The summed E-state index contributed by atoms with van der Waals surface area (Å²) in [7, 11) is 1.61. The molecule has 0 fully saturated rings. The zero-order valence-electron chi connectivity index (χ0n) is 20.7. The molecule has 0 saturated carbocycles. The van der Waals surface area contributed by atoms with Crippen LogP contribution in [0, 0.1) is 11.8 Å². The molecule has 1 amide bonds. The molecule has 3 aromatic carbocycles. The third-order valence-corrected chi connectivity index (χ3v) is 5.73. The number of ether oxygens (including phenoxy) is 2. The van der Waals surface area contributed by atoms with Crippen molar-refractivity contribution in [1.29, 1.82) is 0 Å². The lowest BCUT2D eigenvalue weighted by Crippen LogP contribution is -2.39. The van der Waals surface area contributed by atoms with Crippen molar-refractivity contribution in [3.8, 4) is 23.3 Å². The Morgan fingerprint density at radius 1 is 1.03 bits per heavy atom. The van der Waals surface area contributed by atoms with Gasteiger partial charge in [0, 0.05) is 22.7 Å². The lowest BCUT2D eigenvalue weighted by Gasteiger charge is -2.19. The summed E-state index contributed by atoms with van der Waals surface area (Å²) in [5.41, 5.74) is 3.84. The average molecular weight is 483 g/mol. The Bertz CT molecular complexity index is 1410. The molecule has 184 valence electrons. The molecule has 6 nitrogen and oxygen atoms in total. The summed E-state index contributed by atoms with van der Waals surface area (Å²) in [6.45, 7) is 3.62. The van der Waals surface area contributed by atoms with E-state index in [1.54, 1.807) is 19.2 Å². The van der Waals surface area contributed by atoms with Gasteiger partial charge in [0.05, 0.1) is 37.0 Å². The first-order valence-corrected chi connectivity index (χ1v) is 11.9. The molecule has 0 spiro atoms. The van der Waals surface area contributed by atoms with E-state index in [1.165, 1.54) is 0 Å². The number of aromatic amines is 1. The maximum atomic E-state index is 13.4. The van der Waals surface area contributed by atoms with Gasteiger partial charge in [-0.3, -0.25) is 4.79 Å². The van der Waals surface area contributed by atoms with Crippen molar-refractivity contribution in [1.82, 2.24) is 10.3 Å². The first-order chi connectivity index (χ1) is 17.5. The number of nitrogens with one attached hydrogen (secondary N) is 2. The van der Waals surface area contributed by atoms with Gasteiger partial charge < -0.3 is 24.9 Å². The second-order valence-corrected chi connectivity index (χ2v) is 8.74. The van der Waals surface area contributed by atoms with Gasteiger partial charge in [0.1, 0.15) is 11.5 Å². The average Bonchev–Trinajstić information content (AvgIpc) is 3.30. The number of aliphatic hydroxyl groups is 1. The van der Waals surface area contributed by atoms with Crippen LogP contribution in [0.5, 0.6) is 11.5 Å². The number of rotatable bonds is 8. The highest BCUT2D eigenvalue weighted by Gasteiger charge is 2.19. The van der Waals surface area contributed by atoms with Gasteiger partial charge in [-0.1, -0.05) is 42.2 Å². The topological polar surface area (TPSA) is 83.6 Å². The summed E-state index contributed by atoms with van der Waals surface area (Å²) in [6.07, 6.45) is 2.29. The number of methoxy groups -OCH3 is 1. The molecule has 3 N–H and O–H groups in total. The van der Waals surface area contributed by atoms with Crippen LogP contribution in [0.1, 0.15) is 40.9 Å². The molecule has 1 aromatic heterocycles. The minimum Gasteiger partial charge on any atom is -0.495 e. The fourth-order valence-corrected chi connectivity index (χ4v) is 4.02. The predicted octanol–water partition coefficient (Wildman–Crippen LogP) is 4.70. The number of benzene rings is 3. The predicted molar refractivity (Wildman–Crippen MR) is 142 cm³/mol. The fraction of sp³-hybridized carbons (Fsp3) is 0.233. The molecule has 0 radical (unpaired) electrons. The summed E-state index contributed by atoms with van der Waals surface area (Å²) in [5, 5.41) is 14.1. The normalized spacial score (nSPS) is 11.6. The second-order valence-electron chi connectivity index (χ2n) is 8.74. The summed E-state index contributed by atoms with van der Waals surface area (Å²) >= 11 is 0. The SMILES string of the molecule is COc1ccccc1C#Cc1ccc(OC(C)C)c(C(=O)NC(CO)Cc2c[nH]c3ccccc23)c1. The van der Waals surface area contributed by atoms with Crippen LogP contribution in [0.2, 0.25) is 0 Å². The van der Waals surface area contributed by atoms with Crippen LogP contribution in [0.3, 0.4) is 0 Å². The highest BCUT2D eigenvalue weighted by Crippen LogP contribution is 2.23. The van der Waals surface area contributed by atoms with Crippen LogP contribution in [0.25, 0.3) is 10.9 Å². The summed E-state index contributed by atoms with van der Waals surface area (Å²) < 4.78 is 11.3. The van der Waals surface area contributed by atoms with Crippen LogP contribution >= 0.6 is 0 Å².